The summed E-state index contributed by atoms with van der Waals surface area (Å²) in [5, 5.41) is 16.8. The molecule has 1 saturated heterocycles. The van der Waals surface area contributed by atoms with Crippen molar-refractivity contribution in [3.8, 4) is 5.75 Å². The number of amides is 1. The van der Waals surface area contributed by atoms with Crippen LogP contribution in [0, 0.1) is 10.1 Å². The molecule has 30 heavy (non-hydrogen) atoms. The summed E-state index contributed by atoms with van der Waals surface area (Å²) in [5.74, 6) is 1.00. The Hall–Kier alpha value is -3.72. The van der Waals surface area contributed by atoms with E-state index < -0.39 is 4.92 Å². The molecule has 2 aliphatic rings. The van der Waals surface area contributed by atoms with Crippen molar-refractivity contribution in [3.05, 3.63) is 69.8 Å². The zero-order valence-electron chi connectivity index (χ0n) is 16.4. The first-order valence-corrected chi connectivity index (χ1v) is 9.43. The molecule has 0 bridgehead atoms. The predicted molar refractivity (Wildman–Crippen MR) is 111 cm³/mol. The number of hydrazone groups is 1. The Morgan fingerprint density at radius 2 is 1.77 bits per heavy atom. The molecule has 0 atom stereocenters. The third-order valence-corrected chi connectivity index (χ3v) is 4.90. The van der Waals surface area contributed by atoms with Crippen LogP contribution in [0.2, 0.25) is 0 Å². The number of ether oxygens (including phenoxy) is 2. The number of non-ortho nitro benzene ring substituents is 1. The first-order chi connectivity index (χ1) is 14.6. The Kier molecular flexibility index (Phi) is 5.44. The van der Waals surface area contributed by atoms with Crippen LogP contribution in [0.25, 0.3) is 6.08 Å². The summed E-state index contributed by atoms with van der Waals surface area (Å²) in [6, 6.07) is 13.1. The highest BCUT2D eigenvalue weighted by molar-refractivity contribution is 6.32. The van der Waals surface area contributed by atoms with Gasteiger partial charge in [-0.1, -0.05) is 12.1 Å². The van der Waals surface area contributed by atoms with Gasteiger partial charge >= 0.3 is 0 Å². The van der Waals surface area contributed by atoms with Gasteiger partial charge in [-0.25, -0.2) is 0 Å². The van der Waals surface area contributed by atoms with Crippen LogP contribution in [0.5, 0.6) is 5.75 Å². The molecule has 0 N–H and O–H groups in total. The second-order valence-corrected chi connectivity index (χ2v) is 6.74. The van der Waals surface area contributed by atoms with Crippen molar-refractivity contribution < 1.29 is 19.2 Å². The Labute approximate surface area is 172 Å². The maximum atomic E-state index is 13.2. The average molecular weight is 408 g/mol. The maximum Gasteiger partial charge on any atom is 0.282 e. The number of anilines is 1. The number of morpholine rings is 1. The number of nitrogens with zero attached hydrogens (tertiary/aromatic N) is 4. The summed E-state index contributed by atoms with van der Waals surface area (Å²) >= 11 is 0. The largest absolute Gasteiger partial charge is 0.497 e. The standard InChI is InChI=1S/C21H20N4O5/c1-29-18-8-2-15(3-9-18)14-19-20(23-10-12-30-13-11-23)22-24(21(19)26)16-4-6-17(7-5-16)25(27)28/h2-9,14H,10-13H2,1H3. The fourth-order valence-corrected chi connectivity index (χ4v) is 3.30. The van der Waals surface area contributed by atoms with Gasteiger partial charge in [0.25, 0.3) is 11.6 Å². The van der Waals surface area contributed by atoms with Gasteiger partial charge in [0.05, 0.1) is 36.5 Å². The fourth-order valence-electron chi connectivity index (χ4n) is 3.30. The molecule has 1 amide bonds. The third-order valence-electron chi connectivity index (χ3n) is 4.90. The van der Waals surface area contributed by atoms with E-state index in [1.807, 2.05) is 29.2 Å². The molecule has 2 aromatic carbocycles. The number of amidine groups is 1. The highest BCUT2D eigenvalue weighted by atomic mass is 16.6. The lowest BCUT2D eigenvalue weighted by atomic mass is 10.1. The van der Waals surface area contributed by atoms with Gasteiger partial charge in [0.2, 0.25) is 0 Å². The number of carbonyl (C=O) groups is 1. The molecule has 4 rings (SSSR count). The highest BCUT2D eigenvalue weighted by Gasteiger charge is 2.35. The van der Waals surface area contributed by atoms with E-state index >= 15 is 0 Å². The summed E-state index contributed by atoms with van der Waals surface area (Å²) in [7, 11) is 1.60. The van der Waals surface area contributed by atoms with Gasteiger partial charge in [-0.05, 0) is 35.9 Å². The molecule has 2 heterocycles. The highest BCUT2D eigenvalue weighted by Crippen LogP contribution is 2.28. The van der Waals surface area contributed by atoms with Gasteiger partial charge in [0.1, 0.15) is 5.75 Å². The molecule has 0 saturated carbocycles. The summed E-state index contributed by atoms with van der Waals surface area (Å²) in [6.45, 7) is 2.36. The van der Waals surface area contributed by atoms with E-state index in [1.54, 1.807) is 13.2 Å². The van der Waals surface area contributed by atoms with Crippen LogP contribution >= 0.6 is 0 Å². The normalized spacial score (nSPS) is 18.0. The number of benzene rings is 2. The molecular formula is C21H20N4O5. The average Bonchev–Trinajstić information content (AvgIpc) is 3.11. The van der Waals surface area contributed by atoms with E-state index in [9.17, 15) is 14.9 Å². The molecule has 0 spiro atoms. The van der Waals surface area contributed by atoms with Crippen LogP contribution < -0.4 is 9.75 Å². The molecule has 0 radical (unpaired) electrons. The van der Waals surface area contributed by atoms with Gasteiger partial charge in [-0.15, -0.1) is 5.10 Å². The van der Waals surface area contributed by atoms with Crippen LogP contribution in [0.15, 0.2) is 59.2 Å². The van der Waals surface area contributed by atoms with E-state index in [0.29, 0.717) is 43.4 Å². The van der Waals surface area contributed by atoms with E-state index in [1.165, 1.54) is 29.3 Å². The topological polar surface area (TPSA) is 97.5 Å². The Bertz CT molecular complexity index is 1010. The van der Waals surface area contributed by atoms with Gasteiger partial charge in [-0.2, -0.15) is 5.01 Å². The van der Waals surface area contributed by atoms with E-state index in [0.717, 1.165) is 11.3 Å². The smallest absolute Gasteiger partial charge is 0.282 e. The van der Waals surface area contributed by atoms with Crippen LogP contribution in [0.4, 0.5) is 11.4 Å². The SMILES string of the molecule is COc1ccc(C=C2C(=O)N(c3ccc([N+](=O)[O-])cc3)N=C2N2CCOCC2)cc1. The van der Waals surface area contributed by atoms with Crippen LogP contribution in [-0.2, 0) is 9.53 Å². The van der Waals surface area contributed by atoms with E-state index in [2.05, 4.69) is 5.10 Å². The van der Waals surface area contributed by atoms with Gasteiger partial charge in [-0.3, -0.25) is 14.9 Å². The van der Waals surface area contributed by atoms with Crippen molar-refractivity contribution in [3.63, 3.8) is 0 Å². The number of rotatable bonds is 4. The lowest BCUT2D eigenvalue weighted by Crippen LogP contribution is -2.41. The summed E-state index contributed by atoms with van der Waals surface area (Å²) in [4.78, 5) is 25.7. The third kappa shape index (κ3) is 3.87. The lowest BCUT2D eigenvalue weighted by Gasteiger charge is -2.28. The molecular weight excluding hydrogens is 388 g/mol. The minimum Gasteiger partial charge on any atom is -0.497 e. The van der Waals surface area contributed by atoms with E-state index in [-0.39, 0.29) is 11.6 Å². The number of hydrogen-bond donors (Lipinski definition) is 0. The first-order valence-electron chi connectivity index (χ1n) is 9.43. The van der Waals surface area contributed by atoms with Crippen molar-refractivity contribution in [1.82, 2.24) is 4.90 Å². The molecule has 0 aromatic heterocycles. The number of nitro benzene ring substituents is 1. The Balaban J connectivity index is 1.70. The number of nitro groups is 1. The van der Waals surface area contributed by atoms with Crippen molar-refractivity contribution in [2.45, 2.75) is 0 Å². The molecule has 154 valence electrons. The second kappa shape index (κ2) is 8.34. The maximum absolute atomic E-state index is 13.2. The Morgan fingerprint density at radius 3 is 2.37 bits per heavy atom. The Morgan fingerprint density at radius 1 is 1.10 bits per heavy atom. The lowest BCUT2D eigenvalue weighted by molar-refractivity contribution is -0.384. The number of carbonyl (C=O) groups excluding carboxylic acids is 1. The second-order valence-electron chi connectivity index (χ2n) is 6.74. The van der Waals surface area contributed by atoms with Gasteiger partial charge < -0.3 is 14.4 Å². The molecule has 1 fully saturated rings. The number of methoxy groups -OCH3 is 1. The molecule has 9 nitrogen and oxygen atoms in total. The summed E-state index contributed by atoms with van der Waals surface area (Å²) in [5.41, 5.74) is 1.72. The van der Waals surface area contributed by atoms with E-state index in [4.69, 9.17) is 9.47 Å². The first kappa shape index (κ1) is 19.6. The van der Waals surface area contributed by atoms with Crippen molar-refractivity contribution in [2.75, 3.05) is 38.4 Å². The fraction of sp³-hybridized carbons (Fsp3) is 0.238. The summed E-state index contributed by atoms with van der Waals surface area (Å²) in [6.07, 6.45) is 1.79. The van der Waals surface area contributed by atoms with Crippen LogP contribution in [-0.4, -0.2) is 55.0 Å². The molecule has 0 unspecified atom stereocenters. The summed E-state index contributed by atoms with van der Waals surface area (Å²) < 4.78 is 10.6. The van der Waals surface area contributed by atoms with Crippen LogP contribution in [0.3, 0.4) is 0 Å². The molecule has 2 aliphatic heterocycles. The monoisotopic (exact) mass is 408 g/mol. The minimum atomic E-state index is -0.479. The zero-order chi connectivity index (χ0) is 21.1. The van der Waals surface area contributed by atoms with Gasteiger partial charge in [0, 0.05) is 25.2 Å². The van der Waals surface area contributed by atoms with Crippen molar-refractivity contribution in [2.24, 2.45) is 5.10 Å². The van der Waals surface area contributed by atoms with Crippen molar-refractivity contribution in [1.29, 1.82) is 0 Å². The predicted octanol–water partition coefficient (Wildman–Crippen LogP) is 2.68. The van der Waals surface area contributed by atoms with Gasteiger partial charge in [0.15, 0.2) is 5.84 Å². The molecule has 0 aliphatic carbocycles. The quantitative estimate of drug-likeness (QED) is 0.438. The molecule has 2 aromatic rings. The molecule has 9 heteroatoms. The van der Waals surface area contributed by atoms with Crippen LogP contribution in [0.1, 0.15) is 5.56 Å². The number of hydrogen-bond acceptors (Lipinski definition) is 7. The zero-order valence-corrected chi connectivity index (χ0v) is 16.4. The minimum absolute atomic E-state index is 0.0447. The van der Waals surface area contributed by atoms with Crippen molar-refractivity contribution >= 4 is 29.2 Å².